The van der Waals surface area contributed by atoms with Crippen molar-refractivity contribution in [1.29, 1.82) is 0 Å². The number of ether oxygens (including phenoxy) is 2. The summed E-state index contributed by atoms with van der Waals surface area (Å²) in [6.07, 6.45) is 6.57. The molecule has 0 radical (unpaired) electrons. The number of pyridine rings is 1. The molecular weight excluding hydrogens is 344 g/mol. The average molecular weight is 368 g/mol. The Labute approximate surface area is 159 Å². The summed E-state index contributed by atoms with van der Waals surface area (Å²) in [4.78, 5) is 27.8. The van der Waals surface area contributed by atoms with Gasteiger partial charge in [0.1, 0.15) is 5.75 Å². The van der Waals surface area contributed by atoms with E-state index in [2.05, 4.69) is 10.3 Å². The van der Waals surface area contributed by atoms with Crippen molar-refractivity contribution in [3.8, 4) is 5.75 Å². The molecule has 0 atom stereocenters. The number of hydrogen-bond donors (Lipinski definition) is 1. The van der Waals surface area contributed by atoms with E-state index in [1.165, 1.54) is 6.08 Å². The van der Waals surface area contributed by atoms with Gasteiger partial charge in [-0.05, 0) is 56.2 Å². The van der Waals surface area contributed by atoms with Gasteiger partial charge >= 0.3 is 5.97 Å². The van der Waals surface area contributed by atoms with Crippen molar-refractivity contribution in [2.45, 2.75) is 32.9 Å². The molecule has 27 heavy (non-hydrogen) atoms. The van der Waals surface area contributed by atoms with Gasteiger partial charge in [0.2, 0.25) is 5.91 Å². The maximum atomic E-state index is 11.9. The molecule has 2 rings (SSSR count). The van der Waals surface area contributed by atoms with Crippen LogP contribution in [0.15, 0.2) is 54.9 Å². The number of aromatic nitrogens is 1. The minimum absolute atomic E-state index is 0.192. The molecule has 0 aliphatic rings. The fourth-order valence-electron chi connectivity index (χ4n) is 2.21. The molecule has 1 aromatic heterocycles. The van der Waals surface area contributed by atoms with Gasteiger partial charge in [-0.15, -0.1) is 0 Å². The van der Waals surface area contributed by atoms with Crippen molar-refractivity contribution in [1.82, 2.24) is 10.3 Å². The molecule has 6 nitrogen and oxygen atoms in total. The number of esters is 1. The number of benzene rings is 1. The Hall–Kier alpha value is -3.15. The first-order valence-corrected chi connectivity index (χ1v) is 8.72. The second kappa shape index (κ2) is 9.52. The summed E-state index contributed by atoms with van der Waals surface area (Å²) < 4.78 is 10.7. The Kier molecular flexibility index (Phi) is 7.11. The van der Waals surface area contributed by atoms with Gasteiger partial charge in [0.25, 0.3) is 0 Å². The minimum Gasteiger partial charge on any atom is -0.476 e. The third-order valence-electron chi connectivity index (χ3n) is 3.64. The Morgan fingerprint density at radius 2 is 1.93 bits per heavy atom. The number of amides is 1. The van der Waals surface area contributed by atoms with Gasteiger partial charge in [0.15, 0.2) is 5.60 Å². The van der Waals surface area contributed by atoms with E-state index in [1.807, 2.05) is 24.3 Å². The van der Waals surface area contributed by atoms with Gasteiger partial charge in [-0.3, -0.25) is 9.78 Å². The molecule has 1 N–H and O–H groups in total. The largest absolute Gasteiger partial charge is 0.476 e. The zero-order valence-electron chi connectivity index (χ0n) is 15.8. The van der Waals surface area contributed by atoms with Gasteiger partial charge in [-0.1, -0.05) is 18.2 Å². The molecular formula is C21H24N2O4. The van der Waals surface area contributed by atoms with Gasteiger partial charge in [0.05, 0.1) is 6.61 Å². The fourth-order valence-corrected chi connectivity index (χ4v) is 2.21. The van der Waals surface area contributed by atoms with Crippen LogP contribution in [0.3, 0.4) is 0 Å². The van der Waals surface area contributed by atoms with Crippen molar-refractivity contribution in [3.05, 3.63) is 66.0 Å². The zero-order valence-corrected chi connectivity index (χ0v) is 15.8. The van der Waals surface area contributed by atoms with E-state index < -0.39 is 11.6 Å². The van der Waals surface area contributed by atoms with Crippen molar-refractivity contribution < 1.29 is 19.1 Å². The van der Waals surface area contributed by atoms with E-state index in [4.69, 9.17) is 9.47 Å². The van der Waals surface area contributed by atoms with Crippen LogP contribution in [0, 0.1) is 0 Å². The summed E-state index contributed by atoms with van der Waals surface area (Å²) >= 11 is 0. The first-order valence-electron chi connectivity index (χ1n) is 8.72. The van der Waals surface area contributed by atoms with Crippen LogP contribution in [0.5, 0.6) is 5.75 Å². The van der Waals surface area contributed by atoms with Gasteiger partial charge in [0, 0.05) is 25.0 Å². The molecule has 0 aliphatic carbocycles. The van der Waals surface area contributed by atoms with Gasteiger partial charge < -0.3 is 14.8 Å². The molecule has 6 heteroatoms. The van der Waals surface area contributed by atoms with E-state index in [0.717, 1.165) is 11.1 Å². The van der Waals surface area contributed by atoms with Gasteiger partial charge in [-0.2, -0.15) is 0 Å². The van der Waals surface area contributed by atoms with E-state index in [1.54, 1.807) is 51.4 Å². The molecule has 0 aliphatic heterocycles. The molecule has 2 aromatic rings. The first kappa shape index (κ1) is 20.2. The lowest BCUT2D eigenvalue weighted by Crippen LogP contribution is -2.39. The third-order valence-corrected chi connectivity index (χ3v) is 3.64. The van der Waals surface area contributed by atoms with Crippen molar-refractivity contribution in [3.63, 3.8) is 0 Å². The van der Waals surface area contributed by atoms with Crippen LogP contribution in [0.4, 0.5) is 0 Å². The van der Waals surface area contributed by atoms with Crippen molar-refractivity contribution in [2.75, 3.05) is 6.61 Å². The smallest absolute Gasteiger partial charge is 0.349 e. The van der Waals surface area contributed by atoms with Crippen LogP contribution in [0.1, 0.15) is 31.9 Å². The number of carbonyl (C=O) groups excluding carboxylic acids is 2. The van der Waals surface area contributed by atoms with Crippen LogP contribution in [-0.2, 0) is 20.9 Å². The summed E-state index contributed by atoms with van der Waals surface area (Å²) in [6.45, 7) is 5.80. The normalized spacial score (nSPS) is 11.2. The van der Waals surface area contributed by atoms with Crippen LogP contribution >= 0.6 is 0 Å². The minimum atomic E-state index is -1.07. The van der Waals surface area contributed by atoms with Crippen molar-refractivity contribution in [2.24, 2.45) is 0 Å². The lowest BCUT2D eigenvalue weighted by molar-refractivity contribution is -0.158. The standard InChI is InChI=1S/C21H24N2O4/c1-4-26-20(25)21(2,3)27-18-10-7-16(8-11-18)9-12-19(24)23-15-17-6-5-13-22-14-17/h5-14H,4,15H2,1-3H3,(H,23,24). The summed E-state index contributed by atoms with van der Waals surface area (Å²) in [6, 6.07) is 10.8. The predicted octanol–water partition coefficient (Wildman–Crippen LogP) is 3.13. The molecule has 0 spiro atoms. The van der Waals surface area contributed by atoms with Crippen LogP contribution in [-0.4, -0.2) is 29.1 Å². The second-order valence-electron chi connectivity index (χ2n) is 6.31. The van der Waals surface area contributed by atoms with E-state index in [0.29, 0.717) is 18.9 Å². The number of carbonyl (C=O) groups is 2. The quantitative estimate of drug-likeness (QED) is 0.572. The summed E-state index contributed by atoms with van der Waals surface area (Å²) in [5.41, 5.74) is 0.706. The highest BCUT2D eigenvalue weighted by Crippen LogP contribution is 2.20. The highest BCUT2D eigenvalue weighted by molar-refractivity contribution is 5.91. The van der Waals surface area contributed by atoms with Gasteiger partial charge in [-0.25, -0.2) is 4.79 Å². The predicted molar refractivity (Wildman–Crippen MR) is 103 cm³/mol. The van der Waals surface area contributed by atoms with E-state index in [-0.39, 0.29) is 5.91 Å². The zero-order chi connectivity index (χ0) is 19.7. The highest BCUT2D eigenvalue weighted by Gasteiger charge is 2.31. The van der Waals surface area contributed by atoms with E-state index >= 15 is 0 Å². The Morgan fingerprint density at radius 1 is 1.19 bits per heavy atom. The Morgan fingerprint density at radius 3 is 2.56 bits per heavy atom. The molecule has 0 saturated carbocycles. The number of nitrogens with one attached hydrogen (secondary N) is 1. The lowest BCUT2D eigenvalue weighted by Gasteiger charge is -2.24. The van der Waals surface area contributed by atoms with Crippen LogP contribution in [0.2, 0.25) is 0 Å². The molecule has 0 fully saturated rings. The monoisotopic (exact) mass is 368 g/mol. The molecule has 1 heterocycles. The molecule has 0 bridgehead atoms. The van der Waals surface area contributed by atoms with Crippen molar-refractivity contribution >= 4 is 18.0 Å². The molecule has 1 amide bonds. The topological polar surface area (TPSA) is 77.5 Å². The Bertz CT molecular complexity index is 784. The molecule has 1 aromatic carbocycles. The van der Waals surface area contributed by atoms with E-state index in [9.17, 15) is 9.59 Å². The fraction of sp³-hybridized carbons (Fsp3) is 0.286. The summed E-state index contributed by atoms with van der Waals surface area (Å²) in [5.74, 6) is -0.0619. The molecule has 142 valence electrons. The number of nitrogens with zero attached hydrogens (tertiary/aromatic N) is 1. The highest BCUT2D eigenvalue weighted by atomic mass is 16.6. The maximum absolute atomic E-state index is 11.9. The lowest BCUT2D eigenvalue weighted by atomic mass is 10.1. The maximum Gasteiger partial charge on any atom is 0.349 e. The number of rotatable bonds is 8. The number of hydrogen-bond acceptors (Lipinski definition) is 5. The summed E-state index contributed by atoms with van der Waals surface area (Å²) in [7, 11) is 0. The third kappa shape index (κ3) is 6.58. The molecule has 0 unspecified atom stereocenters. The SMILES string of the molecule is CCOC(=O)C(C)(C)Oc1ccc(C=CC(=O)NCc2cccnc2)cc1. The summed E-state index contributed by atoms with van der Waals surface area (Å²) in [5, 5.41) is 2.79. The first-order chi connectivity index (χ1) is 12.9. The van der Waals surface area contributed by atoms with Crippen LogP contribution < -0.4 is 10.1 Å². The second-order valence-corrected chi connectivity index (χ2v) is 6.31. The Balaban J connectivity index is 1.88. The molecule has 0 saturated heterocycles. The average Bonchev–Trinajstić information content (AvgIpc) is 2.66. The van der Waals surface area contributed by atoms with Crippen LogP contribution in [0.25, 0.3) is 6.08 Å².